The number of fused-ring (bicyclic) bond motifs is 1. The van der Waals surface area contributed by atoms with Crippen molar-refractivity contribution < 1.29 is 28.3 Å². The number of benzene rings is 3. The number of hydrazine groups is 1. The predicted octanol–water partition coefficient (Wildman–Crippen LogP) is 3.30. The molecule has 36 heavy (non-hydrogen) atoms. The third-order valence-corrected chi connectivity index (χ3v) is 5.20. The second-order valence-electron chi connectivity index (χ2n) is 7.84. The van der Waals surface area contributed by atoms with Crippen molar-refractivity contribution in [1.82, 2.24) is 10.9 Å². The fraction of sp³-hybridized carbons (Fsp3) is 0.111. The molecule has 0 aliphatic rings. The Labute approximate surface area is 205 Å². The van der Waals surface area contributed by atoms with Crippen molar-refractivity contribution in [3.63, 3.8) is 0 Å². The van der Waals surface area contributed by atoms with Crippen LogP contribution in [0.2, 0.25) is 0 Å². The number of ether oxygens (including phenoxy) is 2. The highest BCUT2D eigenvalue weighted by Crippen LogP contribution is 2.23. The van der Waals surface area contributed by atoms with E-state index in [0.29, 0.717) is 16.9 Å². The molecule has 0 aliphatic heterocycles. The van der Waals surface area contributed by atoms with Crippen LogP contribution >= 0.6 is 0 Å². The van der Waals surface area contributed by atoms with Gasteiger partial charge in [-0.3, -0.25) is 20.4 Å². The normalized spacial score (nSPS) is 10.5. The van der Waals surface area contributed by atoms with Gasteiger partial charge >= 0.3 is 11.6 Å². The number of carbonyl (C=O) groups excluding carboxylic acids is 3. The molecular formula is C27H22N2O7. The molecule has 3 aromatic carbocycles. The Morgan fingerprint density at radius 2 is 1.61 bits per heavy atom. The minimum absolute atomic E-state index is 0.223. The van der Waals surface area contributed by atoms with Gasteiger partial charge in [0, 0.05) is 23.1 Å². The van der Waals surface area contributed by atoms with Crippen LogP contribution in [-0.2, 0) is 16.1 Å². The first-order chi connectivity index (χ1) is 17.4. The van der Waals surface area contributed by atoms with Crippen molar-refractivity contribution in [2.45, 2.75) is 13.5 Å². The van der Waals surface area contributed by atoms with E-state index in [1.165, 1.54) is 6.07 Å². The number of esters is 1. The van der Waals surface area contributed by atoms with Gasteiger partial charge in [-0.05, 0) is 54.4 Å². The van der Waals surface area contributed by atoms with Gasteiger partial charge in [0.1, 0.15) is 17.9 Å². The Morgan fingerprint density at radius 1 is 0.861 bits per heavy atom. The molecule has 4 aromatic rings. The molecule has 0 radical (unpaired) electrons. The summed E-state index contributed by atoms with van der Waals surface area (Å²) in [5.41, 5.74) is 6.70. The van der Waals surface area contributed by atoms with Crippen LogP contribution < -0.4 is 21.2 Å². The van der Waals surface area contributed by atoms with Crippen LogP contribution in [-0.4, -0.2) is 24.4 Å². The summed E-state index contributed by atoms with van der Waals surface area (Å²) in [6.07, 6.45) is 0. The van der Waals surface area contributed by atoms with Crippen molar-refractivity contribution in [1.29, 1.82) is 0 Å². The van der Waals surface area contributed by atoms with Crippen LogP contribution in [0.15, 0.2) is 88.1 Å². The Hall–Kier alpha value is -4.92. The molecule has 4 rings (SSSR count). The van der Waals surface area contributed by atoms with E-state index >= 15 is 0 Å². The van der Waals surface area contributed by atoms with Crippen LogP contribution in [0, 0.1) is 6.92 Å². The van der Waals surface area contributed by atoms with E-state index in [9.17, 15) is 19.2 Å². The van der Waals surface area contributed by atoms with E-state index < -0.39 is 30.0 Å². The zero-order chi connectivity index (χ0) is 25.5. The summed E-state index contributed by atoms with van der Waals surface area (Å²) in [6, 6.07) is 21.6. The summed E-state index contributed by atoms with van der Waals surface area (Å²) in [6.45, 7) is 1.50. The van der Waals surface area contributed by atoms with Gasteiger partial charge in [0.15, 0.2) is 6.61 Å². The maximum atomic E-state index is 12.2. The molecule has 2 N–H and O–H groups in total. The summed E-state index contributed by atoms with van der Waals surface area (Å²) in [7, 11) is 0. The van der Waals surface area contributed by atoms with Crippen LogP contribution in [0.1, 0.15) is 31.8 Å². The number of carbonyl (C=O) groups is 3. The molecular weight excluding hydrogens is 464 g/mol. The number of nitrogens with one attached hydrogen (secondary N) is 2. The lowest BCUT2D eigenvalue weighted by molar-refractivity contribution is -0.125. The van der Waals surface area contributed by atoms with Crippen molar-refractivity contribution in [2.75, 3.05) is 6.61 Å². The van der Waals surface area contributed by atoms with Crippen LogP contribution in [0.4, 0.5) is 0 Å². The molecule has 2 amide bonds. The smallest absolute Gasteiger partial charge is 0.338 e. The molecule has 0 bridgehead atoms. The predicted molar refractivity (Wildman–Crippen MR) is 130 cm³/mol. The first kappa shape index (κ1) is 24.2. The number of amides is 2. The Morgan fingerprint density at radius 3 is 2.36 bits per heavy atom. The maximum Gasteiger partial charge on any atom is 0.338 e. The molecule has 0 aliphatic carbocycles. The summed E-state index contributed by atoms with van der Waals surface area (Å²) in [5, 5.41) is 0.831. The van der Waals surface area contributed by atoms with E-state index in [2.05, 4.69) is 10.9 Å². The summed E-state index contributed by atoms with van der Waals surface area (Å²) >= 11 is 0. The second kappa shape index (κ2) is 11.0. The molecule has 0 spiro atoms. The monoisotopic (exact) mass is 486 g/mol. The standard InChI is InChI=1S/C27H22N2O7/c1-17-13-25(31)36-23-14-21(11-12-22(17)23)34-15-18-7-9-20(10-8-18)27(33)35-16-24(30)28-29-26(32)19-5-3-2-4-6-19/h2-14H,15-16H2,1H3,(H,28,30)(H,29,32). The topological polar surface area (TPSA) is 124 Å². The van der Waals surface area contributed by atoms with E-state index in [0.717, 1.165) is 16.5 Å². The third kappa shape index (κ3) is 6.15. The van der Waals surface area contributed by atoms with Crippen LogP contribution in [0.25, 0.3) is 11.0 Å². The van der Waals surface area contributed by atoms with Crippen molar-refractivity contribution in [3.05, 3.63) is 112 Å². The molecule has 9 nitrogen and oxygen atoms in total. The fourth-order valence-corrected chi connectivity index (χ4v) is 3.34. The molecule has 9 heteroatoms. The highest BCUT2D eigenvalue weighted by molar-refractivity contribution is 5.96. The maximum absolute atomic E-state index is 12.2. The van der Waals surface area contributed by atoms with E-state index in [4.69, 9.17) is 13.9 Å². The molecule has 0 unspecified atom stereocenters. The summed E-state index contributed by atoms with van der Waals surface area (Å²) in [4.78, 5) is 47.6. The molecule has 1 heterocycles. The number of hydrogen-bond acceptors (Lipinski definition) is 7. The number of rotatable bonds is 7. The van der Waals surface area contributed by atoms with Crippen LogP contribution in [0.3, 0.4) is 0 Å². The van der Waals surface area contributed by atoms with Crippen molar-refractivity contribution in [3.8, 4) is 5.75 Å². The SMILES string of the molecule is Cc1cc(=O)oc2cc(OCc3ccc(C(=O)OCC(=O)NNC(=O)c4ccccc4)cc3)ccc12. The fourth-order valence-electron chi connectivity index (χ4n) is 3.34. The van der Waals surface area contributed by atoms with Crippen LogP contribution in [0.5, 0.6) is 5.75 Å². The quantitative estimate of drug-likeness (QED) is 0.233. The Balaban J connectivity index is 1.25. The van der Waals surface area contributed by atoms with Gasteiger partial charge in [0.25, 0.3) is 11.8 Å². The van der Waals surface area contributed by atoms with Gasteiger partial charge in [0.05, 0.1) is 5.56 Å². The first-order valence-electron chi connectivity index (χ1n) is 11.0. The van der Waals surface area contributed by atoms with Gasteiger partial charge < -0.3 is 13.9 Å². The molecule has 182 valence electrons. The zero-order valence-electron chi connectivity index (χ0n) is 19.3. The number of aryl methyl sites for hydroxylation is 1. The molecule has 0 saturated carbocycles. The highest BCUT2D eigenvalue weighted by Gasteiger charge is 2.12. The third-order valence-electron chi connectivity index (χ3n) is 5.20. The minimum atomic E-state index is -0.688. The zero-order valence-corrected chi connectivity index (χ0v) is 19.3. The van der Waals surface area contributed by atoms with E-state index in [-0.39, 0.29) is 12.2 Å². The largest absolute Gasteiger partial charge is 0.489 e. The molecule has 0 fully saturated rings. The molecule has 1 aromatic heterocycles. The van der Waals surface area contributed by atoms with E-state index in [1.54, 1.807) is 66.7 Å². The van der Waals surface area contributed by atoms with Gasteiger partial charge in [-0.15, -0.1) is 0 Å². The minimum Gasteiger partial charge on any atom is -0.489 e. The lowest BCUT2D eigenvalue weighted by Gasteiger charge is -2.09. The van der Waals surface area contributed by atoms with Crippen molar-refractivity contribution >= 4 is 28.8 Å². The Bertz CT molecular complexity index is 1460. The Kier molecular flexibility index (Phi) is 7.40. The second-order valence-corrected chi connectivity index (χ2v) is 7.84. The van der Waals surface area contributed by atoms with Gasteiger partial charge in [-0.25, -0.2) is 9.59 Å². The number of hydrogen-bond donors (Lipinski definition) is 2. The average Bonchev–Trinajstić information content (AvgIpc) is 2.89. The highest BCUT2D eigenvalue weighted by atomic mass is 16.5. The average molecular weight is 486 g/mol. The van der Waals surface area contributed by atoms with Gasteiger partial charge in [-0.2, -0.15) is 0 Å². The lowest BCUT2D eigenvalue weighted by Crippen LogP contribution is -2.43. The molecule has 0 saturated heterocycles. The van der Waals surface area contributed by atoms with Crippen molar-refractivity contribution in [2.24, 2.45) is 0 Å². The van der Waals surface area contributed by atoms with E-state index in [1.807, 2.05) is 13.0 Å². The molecule has 0 atom stereocenters. The summed E-state index contributed by atoms with van der Waals surface area (Å²) in [5.74, 6) is -1.33. The van der Waals surface area contributed by atoms with Gasteiger partial charge in [-0.1, -0.05) is 30.3 Å². The first-order valence-corrected chi connectivity index (χ1v) is 11.0. The van der Waals surface area contributed by atoms with Gasteiger partial charge in [0.2, 0.25) is 0 Å². The summed E-state index contributed by atoms with van der Waals surface area (Å²) < 4.78 is 16.0. The lowest BCUT2D eigenvalue weighted by atomic mass is 10.1.